The number of halogens is 1. The Labute approximate surface area is 170 Å². The molecule has 0 spiro atoms. The lowest BCUT2D eigenvalue weighted by atomic mass is 10.2. The van der Waals surface area contributed by atoms with Crippen LogP contribution in [0.15, 0.2) is 65.7 Å². The van der Waals surface area contributed by atoms with Gasteiger partial charge in [0.05, 0.1) is 10.7 Å². The number of aryl methyl sites for hydroxylation is 1. The first-order valence-corrected chi connectivity index (χ1v) is 9.13. The van der Waals surface area contributed by atoms with Crippen LogP contribution in [-0.2, 0) is 11.3 Å². The molecule has 0 aliphatic heterocycles. The number of aromatic nitrogens is 4. The van der Waals surface area contributed by atoms with Crippen molar-refractivity contribution in [3.8, 4) is 11.6 Å². The highest BCUT2D eigenvalue weighted by atomic mass is 35.5. The van der Waals surface area contributed by atoms with Gasteiger partial charge in [-0.15, -0.1) is 5.10 Å². The number of benzene rings is 2. The molecule has 0 unspecified atom stereocenters. The molecule has 9 heteroatoms. The summed E-state index contributed by atoms with van der Waals surface area (Å²) >= 11 is 6.05. The number of amides is 1. The van der Waals surface area contributed by atoms with Gasteiger partial charge in [-0.3, -0.25) is 4.79 Å². The van der Waals surface area contributed by atoms with E-state index in [9.17, 15) is 9.59 Å². The van der Waals surface area contributed by atoms with E-state index in [1.54, 1.807) is 30.3 Å². The van der Waals surface area contributed by atoms with Gasteiger partial charge in [-0.1, -0.05) is 41.9 Å². The molecule has 1 amide bonds. The number of carbonyl (C=O) groups is 1. The Hall–Kier alpha value is -3.65. The zero-order valence-electron chi connectivity index (χ0n) is 15.4. The van der Waals surface area contributed by atoms with Gasteiger partial charge >= 0.3 is 5.69 Å². The molecule has 0 aliphatic rings. The van der Waals surface area contributed by atoms with Crippen LogP contribution < -0.4 is 15.7 Å². The summed E-state index contributed by atoms with van der Waals surface area (Å²) in [7, 11) is 0. The Morgan fingerprint density at radius 3 is 2.72 bits per heavy atom. The number of nitrogens with one attached hydrogen (secondary N) is 1. The lowest BCUT2D eigenvalue weighted by molar-refractivity contribution is -0.117. The lowest BCUT2D eigenvalue weighted by Gasteiger charge is -2.07. The van der Waals surface area contributed by atoms with E-state index in [0.29, 0.717) is 16.5 Å². The molecule has 0 aliphatic carbocycles. The zero-order chi connectivity index (χ0) is 20.4. The molecule has 0 radical (unpaired) electrons. The van der Waals surface area contributed by atoms with Crippen LogP contribution in [0.2, 0.25) is 5.02 Å². The van der Waals surface area contributed by atoms with Crippen molar-refractivity contribution in [1.29, 1.82) is 0 Å². The zero-order valence-corrected chi connectivity index (χ0v) is 16.1. The van der Waals surface area contributed by atoms with Gasteiger partial charge in [0.2, 0.25) is 11.6 Å². The van der Waals surface area contributed by atoms with Crippen molar-refractivity contribution in [2.24, 2.45) is 0 Å². The average Bonchev–Trinajstić information content (AvgIpc) is 3.02. The van der Waals surface area contributed by atoms with Crippen LogP contribution >= 0.6 is 11.6 Å². The molecule has 2 aromatic carbocycles. The van der Waals surface area contributed by atoms with Crippen molar-refractivity contribution in [3.05, 3.63) is 82.0 Å². The molecule has 2 aromatic heterocycles. The number of anilines is 1. The molecule has 4 rings (SSSR count). The van der Waals surface area contributed by atoms with Crippen LogP contribution in [0.4, 0.5) is 5.69 Å². The second-order valence-corrected chi connectivity index (χ2v) is 6.67. The van der Waals surface area contributed by atoms with E-state index in [0.717, 1.165) is 10.2 Å². The van der Waals surface area contributed by atoms with Gasteiger partial charge in [0.15, 0.2) is 0 Å². The summed E-state index contributed by atoms with van der Waals surface area (Å²) in [4.78, 5) is 29.2. The summed E-state index contributed by atoms with van der Waals surface area (Å²) in [6.45, 7) is 1.62. The highest BCUT2D eigenvalue weighted by Crippen LogP contribution is 2.25. The van der Waals surface area contributed by atoms with Gasteiger partial charge in [-0.05, 0) is 30.7 Å². The standard InChI is InChI=1S/C20H16ClN5O3/c1-13-6-2-5-9-16(13)29-19-18-24-26(20(28)25(18)11-10-22-19)12-17(27)23-15-8-4-3-7-14(15)21/h2-11H,12H2,1H3,(H,23,27). The monoisotopic (exact) mass is 409 g/mol. The summed E-state index contributed by atoms with van der Waals surface area (Å²) < 4.78 is 8.17. The Morgan fingerprint density at radius 2 is 1.93 bits per heavy atom. The molecule has 0 bridgehead atoms. The molecule has 2 heterocycles. The third-order valence-corrected chi connectivity index (χ3v) is 4.54. The molecule has 29 heavy (non-hydrogen) atoms. The minimum atomic E-state index is -0.480. The minimum absolute atomic E-state index is 0.171. The van der Waals surface area contributed by atoms with E-state index in [-0.39, 0.29) is 18.1 Å². The van der Waals surface area contributed by atoms with Crippen LogP contribution in [0, 0.1) is 6.92 Å². The first kappa shape index (κ1) is 18.7. The number of hydrogen-bond acceptors (Lipinski definition) is 5. The van der Waals surface area contributed by atoms with E-state index in [4.69, 9.17) is 16.3 Å². The van der Waals surface area contributed by atoms with Gasteiger partial charge in [-0.2, -0.15) is 0 Å². The van der Waals surface area contributed by atoms with Crippen LogP contribution in [0.5, 0.6) is 11.6 Å². The Bertz CT molecular complexity index is 1260. The van der Waals surface area contributed by atoms with Crippen LogP contribution in [0.1, 0.15) is 5.56 Å². The highest BCUT2D eigenvalue weighted by molar-refractivity contribution is 6.33. The Balaban J connectivity index is 1.62. The summed E-state index contributed by atoms with van der Waals surface area (Å²) in [5.41, 5.74) is 1.11. The van der Waals surface area contributed by atoms with E-state index >= 15 is 0 Å². The molecule has 8 nitrogen and oxygen atoms in total. The van der Waals surface area contributed by atoms with Gasteiger partial charge in [0.25, 0.3) is 5.88 Å². The summed E-state index contributed by atoms with van der Waals surface area (Å²) in [5, 5.41) is 7.30. The summed E-state index contributed by atoms with van der Waals surface area (Å²) in [6, 6.07) is 14.3. The predicted molar refractivity (Wildman–Crippen MR) is 109 cm³/mol. The Morgan fingerprint density at radius 1 is 1.17 bits per heavy atom. The molecule has 146 valence electrons. The number of ether oxygens (including phenoxy) is 1. The van der Waals surface area contributed by atoms with E-state index < -0.39 is 11.6 Å². The maximum atomic E-state index is 12.6. The first-order valence-electron chi connectivity index (χ1n) is 8.75. The van der Waals surface area contributed by atoms with Crippen molar-refractivity contribution in [1.82, 2.24) is 19.2 Å². The first-order chi connectivity index (χ1) is 14.0. The molecule has 4 aromatic rings. The molecular formula is C20H16ClN5O3. The van der Waals surface area contributed by atoms with Gasteiger partial charge < -0.3 is 10.1 Å². The van der Waals surface area contributed by atoms with E-state index in [2.05, 4.69) is 15.4 Å². The predicted octanol–water partition coefficient (Wildman–Crippen LogP) is 3.28. The van der Waals surface area contributed by atoms with E-state index in [1.807, 2.05) is 25.1 Å². The minimum Gasteiger partial charge on any atom is -0.436 e. The third-order valence-electron chi connectivity index (χ3n) is 4.21. The average molecular weight is 410 g/mol. The maximum Gasteiger partial charge on any atom is 0.351 e. The number of fused-ring (bicyclic) bond motifs is 1. The fourth-order valence-electron chi connectivity index (χ4n) is 2.76. The molecule has 1 N–H and O–H groups in total. The van der Waals surface area contributed by atoms with Gasteiger partial charge in [-0.25, -0.2) is 18.9 Å². The van der Waals surface area contributed by atoms with Crippen LogP contribution in [0.3, 0.4) is 0 Å². The highest BCUT2D eigenvalue weighted by Gasteiger charge is 2.16. The topological polar surface area (TPSA) is 90.5 Å². The third kappa shape index (κ3) is 3.83. The second kappa shape index (κ2) is 7.76. The quantitative estimate of drug-likeness (QED) is 0.546. The smallest absolute Gasteiger partial charge is 0.351 e. The maximum absolute atomic E-state index is 12.6. The summed E-state index contributed by atoms with van der Waals surface area (Å²) in [5.74, 6) is 0.341. The van der Waals surface area contributed by atoms with Crippen molar-refractivity contribution in [2.45, 2.75) is 13.5 Å². The van der Waals surface area contributed by atoms with Crippen molar-refractivity contribution in [3.63, 3.8) is 0 Å². The van der Waals surface area contributed by atoms with Crippen LogP contribution in [0.25, 0.3) is 5.65 Å². The SMILES string of the molecule is Cc1ccccc1Oc1nccn2c(=O)n(CC(=O)Nc3ccccc3Cl)nc12. The molecule has 0 atom stereocenters. The van der Waals surface area contributed by atoms with Gasteiger partial charge in [0.1, 0.15) is 12.3 Å². The molecule has 0 saturated carbocycles. The van der Waals surface area contributed by atoms with Crippen molar-refractivity contribution < 1.29 is 9.53 Å². The fourth-order valence-corrected chi connectivity index (χ4v) is 2.95. The number of rotatable bonds is 5. The van der Waals surface area contributed by atoms with E-state index in [1.165, 1.54) is 16.8 Å². The second-order valence-electron chi connectivity index (χ2n) is 6.26. The van der Waals surface area contributed by atoms with Gasteiger partial charge in [0, 0.05) is 12.4 Å². The lowest BCUT2D eigenvalue weighted by Crippen LogP contribution is -2.28. The number of nitrogens with zero attached hydrogens (tertiary/aromatic N) is 4. The normalized spacial score (nSPS) is 10.8. The molecular weight excluding hydrogens is 394 g/mol. The molecule has 0 fully saturated rings. The van der Waals surface area contributed by atoms with Crippen LogP contribution in [-0.4, -0.2) is 25.1 Å². The number of carbonyl (C=O) groups excluding carboxylic acids is 1. The van der Waals surface area contributed by atoms with Crippen molar-refractivity contribution >= 4 is 28.8 Å². The fraction of sp³-hybridized carbons (Fsp3) is 0.100. The molecule has 0 saturated heterocycles. The Kier molecular flexibility index (Phi) is 5.01. The number of hydrogen-bond donors (Lipinski definition) is 1. The van der Waals surface area contributed by atoms with Crippen molar-refractivity contribution in [2.75, 3.05) is 5.32 Å². The largest absolute Gasteiger partial charge is 0.436 e. The number of para-hydroxylation sites is 2. The summed E-state index contributed by atoms with van der Waals surface area (Å²) in [6.07, 6.45) is 2.91.